The average Bonchev–Trinajstić information content (AvgIpc) is 2.27. The van der Waals surface area contributed by atoms with E-state index in [2.05, 4.69) is 11.4 Å². The Morgan fingerprint density at radius 2 is 2.43 bits per heavy atom. The fraction of sp³-hybridized carbons (Fsp3) is 0.273. The second-order valence-corrected chi connectivity index (χ2v) is 3.03. The largest absolute Gasteiger partial charge is 0.487 e. The fourth-order valence-corrected chi connectivity index (χ4v) is 1.58. The lowest BCUT2D eigenvalue weighted by Gasteiger charge is -2.27. The van der Waals surface area contributed by atoms with Crippen LogP contribution in [0.1, 0.15) is 0 Å². The molecule has 0 unspecified atom stereocenters. The summed E-state index contributed by atoms with van der Waals surface area (Å²) in [6.45, 7) is 1.38. The molecule has 0 aliphatic carbocycles. The van der Waals surface area contributed by atoms with Crippen LogP contribution in [0.2, 0.25) is 0 Å². The smallest absolute Gasteiger partial charge is 0.166 e. The van der Waals surface area contributed by atoms with E-state index < -0.39 is 0 Å². The van der Waals surface area contributed by atoms with Crippen LogP contribution in [-0.2, 0) is 0 Å². The highest BCUT2D eigenvalue weighted by Crippen LogP contribution is 2.37. The summed E-state index contributed by atoms with van der Waals surface area (Å²) in [5.74, 6) is 0.846. The Morgan fingerprint density at radius 1 is 1.57 bits per heavy atom. The molecule has 0 saturated carbocycles. The predicted octanol–water partition coefficient (Wildman–Crippen LogP) is 1.52. The van der Waals surface area contributed by atoms with Gasteiger partial charge in [0, 0.05) is 13.1 Å². The minimum Gasteiger partial charge on any atom is -0.487 e. The zero-order chi connectivity index (χ0) is 9.97. The molecule has 0 radical (unpaired) electrons. The van der Waals surface area contributed by atoms with Gasteiger partial charge in [-0.2, -0.15) is 0 Å². The zero-order valence-corrected chi connectivity index (χ0v) is 8.08. The van der Waals surface area contributed by atoms with Gasteiger partial charge in [-0.25, -0.2) is 0 Å². The van der Waals surface area contributed by atoms with E-state index in [1.54, 1.807) is 0 Å². The van der Waals surface area contributed by atoms with E-state index in [4.69, 9.17) is 11.2 Å². The van der Waals surface area contributed by atoms with Crippen molar-refractivity contribution >= 4 is 11.4 Å². The van der Waals surface area contributed by atoms with Gasteiger partial charge in [-0.1, -0.05) is 12.5 Å². The summed E-state index contributed by atoms with van der Waals surface area (Å²) in [7, 11) is 1.87. The predicted molar refractivity (Wildman–Crippen MR) is 57.7 cm³/mol. The van der Waals surface area contributed by atoms with E-state index in [-0.39, 0.29) is 0 Å². The number of para-hydroxylation sites is 1. The van der Waals surface area contributed by atoms with Crippen LogP contribution in [0.15, 0.2) is 18.2 Å². The Hall–Kier alpha value is -1.82. The molecule has 14 heavy (non-hydrogen) atoms. The van der Waals surface area contributed by atoms with Gasteiger partial charge in [0.15, 0.2) is 5.75 Å². The van der Waals surface area contributed by atoms with Gasteiger partial charge >= 0.3 is 0 Å². The molecule has 3 nitrogen and oxygen atoms in total. The molecule has 2 rings (SSSR count). The van der Waals surface area contributed by atoms with Crippen molar-refractivity contribution in [1.82, 2.24) is 0 Å². The molecule has 0 saturated heterocycles. The third-order valence-electron chi connectivity index (χ3n) is 2.27. The number of anilines is 2. The molecule has 0 atom stereocenters. The number of terminal acetylenes is 1. The number of nitrogens with zero attached hydrogens (tertiary/aromatic N) is 1. The highest BCUT2D eigenvalue weighted by atomic mass is 16.5. The van der Waals surface area contributed by atoms with E-state index in [1.165, 1.54) is 0 Å². The molecule has 1 heterocycles. The van der Waals surface area contributed by atoms with Gasteiger partial charge in [-0.15, -0.1) is 0 Å². The maximum Gasteiger partial charge on any atom is 0.166 e. The Morgan fingerprint density at radius 3 is 3.14 bits per heavy atom. The summed E-state index contributed by atoms with van der Waals surface area (Å²) < 4.78 is 5.58. The normalized spacial score (nSPS) is 13.9. The summed E-state index contributed by atoms with van der Waals surface area (Å²) >= 11 is 0. The van der Waals surface area contributed by atoms with Gasteiger partial charge in [-0.3, -0.25) is 4.90 Å². The molecule has 1 aromatic carbocycles. The van der Waals surface area contributed by atoms with Crippen LogP contribution in [-0.4, -0.2) is 20.2 Å². The molecule has 72 valence electrons. The minimum absolute atomic E-state index is 0.635. The number of nitrogens with one attached hydrogen (secondary N) is 1. The summed E-state index contributed by atoms with van der Waals surface area (Å²) in [6.07, 6.45) is 5.41. The van der Waals surface area contributed by atoms with E-state index in [0.29, 0.717) is 6.61 Å². The highest BCUT2D eigenvalue weighted by Gasteiger charge is 2.18. The topological polar surface area (TPSA) is 24.5 Å². The number of hydrogen-bond acceptors (Lipinski definition) is 3. The van der Waals surface area contributed by atoms with Crippen molar-refractivity contribution in [2.24, 2.45) is 0 Å². The van der Waals surface area contributed by atoms with Crippen LogP contribution in [0.25, 0.3) is 0 Å². The quantitative estimate of drug-likeness (QED) is 0.676. The molecular formula is C11H12N2O. The van der Waals surface area contributed by atoms with Gasteiger partial charge in [0.1, 0.15) is 6.61 Å². The van der Waals surface area contributed by atoms with Crippen molar-refractivity contribution in [3.63, 3.8) is 0 Å². The molecule has 0 spiro atoms. The molecular weight excluding hydrogens is 176 g/mol. The fourth-order valence-electron chi connectivity index (χ4n) is 1.58. The van der Waals surface area contributed by atoms with Gasteiger partial charge in [0.05, 0.1) is 17.9 Å². The molecule has 1 N–H and O–H groups in total. The second kappa shape index (κ2) is 3.51. The molecule has 0 amide bonds. The van der Waals surface area contributed by atoms with Gasteiger partial charge in [-0.05, 0) is 12.1 Å². The Bertz CT molecular complexity index is 381. The SMILES string of the molecule is C#CN1CCOc2c(NC)cccc21. The van der Waals surface area contributed by atoms with Crippen molar-refractivity contribution in [3.8, 4) is 18.2 Å². The number of fused-ring (bicyclic) bond motifs is 1. The molecule has 1 aliphatic rings. The van der Waals surface area contributed by atoms with Crippen LogP contribution in [0.3, 0.4) is 0 Å². The highest BCUT2D eigenvalue weighted by molar-refractivity contribution is 5.74. The van der Waals surface area contributed by atoms with Crippen LogP contribution < -0.4 is 15.0 Å². The summed E-state index contributed by atoms with van der Waals surface area (Å²) in [5.41, 5.74) is 1.94. The number of ether oxygens (including phenoxy) is 1. The van der Waals surface area contributed by atoms with Crippen molar-refractivity contribution < 1.29 is 4.74 Å². The van der Waals surface area contributed by atoms with Crippen LogP contribution >= 0.6 is 0 Å². The molecule has 0 aromatic heterocycles. The number of benzene rings is 1. The summed E-state index contributed by atoms with van der Waals surface area (Å²) in [4.78, 5) is 1.86. The summed E-state index contributed by atoms with van der Waals surface area (Å²) in [6, 6.07) is 8.54. The first kappa shape index (κ1) is 8.76. The Balaban J connectivity index is 2.50. The third-order valence-corrected chi connectivity index (χ3v) is 2.27. The standard InChI is InChI=1S/C11H12N2O/c1-3-13-7-8-14-11-9(12-2)5-4-6-10(11)13/h1,4-6,12H,7-8H2,2H3. The Kier molecular flexibility index (Phi) is 2.19. The van der Waals surface area contributed by atoms with Gasteiger partial charge < -0.3 is 10.1 Å². The minimum atomic E-state index is 0.635. The lowest BCUT2D eigenvalue weighted by molar-refractivity contribution is 0.316. The third kappa shape index (κ3) is 1.25. The van der Waals surface area contributed by atoms with E-state index >= 15 is 0 Å². The second-order valence-electron chi connectivity index (χ2n) is 3.03. The maximum atomic E-state index is 5.58. The first-order chi connectivity index (χ1) is 6.86. The summed E-state index contributed by atoms with van der Waals surface area (Å²) in [5, 5.41) is 3.08. The van der Waals surface area contributed by atoms with E-state index in [0.717, 1.165) is 23.7 Å². The van der Waals surface area contributed by atoms with Crippen LogP contribution in [0.4, 0.5) is 11.4 Å². The molecule has 1 aliphatic heterocycles. The van der Waals surface area contributed by atoms with Crippen molar-refractivity contribution in [3.05, 3.63) is 18.2 Å². The van der Waals surface area contributed by atoms with Gasteiger partial charge in [0.25, 0.3) is 0 Å². The average molecular weight is 188 g/mol. The van der Waals surface area contributed by atoms with E-state index in [9.17, 15) is 0 Å². The van der Waals surface area contributed by atoms with Crippen molar-refractivity contribution in [1.29, 1.82) is 0 Å². The molecule has 3 heteroatoms. The lowest BCUT2D eigenvalue weighted by Crippen LogP contribution is -2.28. The molecule has 0 bridgehead atoms. The number of rotatable bonds is 1. The monoisotopic (exact) mass is 188 g/mol. The van der Waals surface area contributed by atoms with Crippen molar-refractivity contribution in [2.75, 3.05) is 30.4 Å². The van der Waals surface area contributed by atoms with Gasteiger partial charge in [0.2, 0.25) is 0 Å². The zero-order valence-electron chi connectivity index (χ0n) is 8.08. The molecule has 0 fully saturated rings. The van der Waals surface area contributed by atoms with Crippen LogP contribution in [0.5, 0.6) is 5.75 Å². The lowest BCUT2D eigenvalue weighted by atomic mass is 10.2. The van der Waals surface area contributed by atoms with E-state index in [1.807, 2.05) is 30.1 Å². The first-order valence-electron chi connectivity index (χ1n) is 4.54. The Labute approximate surface area is 83.7 Å². The number of hydrogen-bond donors (Lipinski definition) is 1. The maximum absolute atomic E-state index is 5.58. The van der Waals surface area contributed by atoms with Crippen molar-refractivity contribution in [2.45, 2.75) is 0 Å². The first-order valence-corrected chi connectivity index (χ1v) is 4.54. The molecule has 1 aromatic rings. The van der Waals surface area contributed by atoms with Crippen LogP contribution in [0, 0.1) is 12.5 Å².